The lowest BCUT2D eigenvalue weighted by molar-refractivity contribution is -0.120. The van der Waals surface area contributed by atoms with Crippen molar-refractivity contribution in [3.05, 3.63) is 59.3 Å². The molecule has 2 N–H and O–H groups in total. The highest BCUT2D eigenvalue weighted by Crippen LogP contribution is 2.13. The quantitative estimate of drug-likeness (QED) is 0.724. The van der Waals surface area contributed by atoms with Gasteiger partial charge in [0.05, 0.1) is 6.54 Å². The van der Waals surface area contributed by atoms with Crippen molar-refractivity contribution in [1.82, 2.24) is 5.32 Å². The molecule has 0 aliphatic rings. The lowest BCUT2D eigenvalue weighted by atomic mass is 10.2. The van der Waals surface area contributed by atoms with Crippen LogP contribution in [0.5, 0.6) is 0 Å². The number of hydrogen-bond donors (Lipinski definition) is 2. The zero-order chi connectivity index (χ0) is 16.7. The zero-order valence-corrected chi connectivity index (χ0v) is 13.1. The fourth-order valence-corrected chi connectivity index (χ4v) is 2.70. The number of furan rings is 1. The van der Waals surface area contributed by atoms with E-state index in [1.54, 1.807) is 23.9 Å². The minimum Gasteiger partial charge on any atom is -0.475 e. The molecule has 1 aromatic carbocycles. The van der Waals surface area contributed by atoms with E-state index < -0.39 is 5.97 Å². The first-order chi connectivity index (χ1) is 11.0. The summed E-state index contributed by atoms with van der Waals surface area (Å²) in [7, 11) is 0. The summed E-state index contributed by atoms with van der Waals surface area (Å²) in [5.74, 6) is 0.0701. The van der Waals surface area contributed by atoms with Crippen molar-refractivity contribution in [3.8, 4) is 0 Å². The first-order valence-electron chi connectivity index (χ1n) is 6.95. The predicted octanol–water partition coefficient (Wildman–Crippen LogP) is 3.06. The van der Waals surface area contributed by atoms with Crippen LogP contribution < -0.4 is 5.32 Å². The summed E-state index contributed by atoms with van der Waals surface area (Å²) in [6.07, 6.45) is 0.346. The SMILES string of the molecule is O=C(CCSCc1ccc(F)cc1)NCc1ccc(C(=O)O)o1. The van der Waals surface area contributed by atoms with Crippen LogP contribution in [0.1, 0.15) is 28.3 Å². The van der Waals surface area contributed by atoms with Crippen LogP contribution in [-0.4, -0.2) is 22.7 Å². The molecule has 7 heteroatoms. The molecular weight excluding hydrogens is 321 g/mol. The van der Waals surface area contributed by atoms with Gasteiger partial charge >= 0.3 is 5.97 Å². The number of carbonyl (C=O) groups is 2. The number of rotatable bonds is 8. The molecule has 23 heavy (non-hydrogen) atoms. The third-order valence-electron chi connectivity index (χ3n) is 2.99. The average molecular weight is 337 g/mol. The van der Waals surface area contributed by atoms with Crippen molar-refractivity contribution in [1.29, 1.82) is 0 Å². The number of benzene rings is 1. The molecule has 5 nitrogen and oxygen atoms in total. The van der Waals surface area contributed by atoms with E-state index in [-0.39, 0.29) is 24.0 Å². The molecule has 0 aliphatic heterocycles. The number of hydrogen-bond acceptors (Lipinski definition) is 4. The largest absolute Gasteiger partial charge is 0.475 e. The Labute approximate surface area is 136 Å². The zero-order valence-electron chi connectivity index (χ0n) is 12.3. The Hall–Kier alpha value is -2.28. The summed E-state index contributed by atoms with van der Waals surface area (Å²) in [6, 6.07) is 9.14. The number of carboxylic acids is 1. The second kappa shape index (κ2) is 8.38. The predicted molar refractivity (Wildman–Crippen MR) is 84.7 cm³/mol. The molecule has 1 aromatic heterocycles. The van der Waals surface area contributed by atoms with Crippen LogP contribution >= 0.6 is 11.8 Å². The van der Waals surface area contributed by atoms with Crippen molar-refractivity contribution in [2.75, 3.05) is 5.75 Å². The number of aromatic carboxylic acids is 1. The van der Waals surface area contributed by atoms with Gasteiger partial charge in [-0.3, -0.25) is 4.79 Å². The molecule has 0 atom stereocenters. The molecule has 0 radical (unpaired) electrons. The van der Waals surface area contributed by atoms with E-state index in [2.05, 4.69) is 5.32 Å². The summed E-state index contributed by atoms with van der Waals surface area (Å²) < 4.78 is 17.8. The molecule has 0 unspecified atom stereocenters. The highest BCUT2D eigenvalue weighted by molar-refractivity contribution is 7.98. The molecule has 0 saturated heterocycles. The van der Waals surface area contributed by atoms with E-state index in [1.165, 1.54) is 24.3 Å². The molecule has 1 amide bonds. The van der Waals surface area contributed by atoms with Crippen LogP contribution in [0.25, 0.3) is 0 Å². The maximum absolute atomic E-state index is 12.8. The fourth-order valence-electron chi connectivity index (χ4n) is 1.80. The number of nitrogens with one attached hydrogen (secondary N) is 1. The topological polar surface area (TPSA) is 79.5 Å². The minimum atomic E-state index is -1.14. The Morgan fingerprint density at radius 3 is 2.57 bits per heavy atom. The minimum absolute atomic E-state index is 0.134. The maximum atomic E-state index is 12.8. The molecule has 0 bridgehead atoms. The van der Waals surface area contributed by atoms with Crippen molar-refractivity contribution >= 4 is 23.6 Å². The van der Waals surface area contributed by atoms with Crippen LogP contribution in [-0.2, 0) is 17.1 Å². The third kappa shape index (κ3) is 5.78. The summed E-state index contributed by atoms with van der Waals surface area (Å²) in [5, 5.41) is 11.4. The van der Waals surface area contributed by atoms with E-state index >= 15 is 0 Å². The van der Waals surface area contributed by atoms with Gasteiger partial charge in [0.15, 0.2) is 0 Å². The molecule has 1 heterocycles. The van der Waals surface area contributed by atoms with Crippen molar-refractivity contribution < 1.29 is 23.5 Å². The van der Waals surface area contributed by atoms with Gasteiger partial charge in [-0.2, -0.15) is 11.8 Å². The second-order valence-corrected chi connectivity index (χ2v) is 5.88. The van der Waals surface area contributed by atoms with Gasteiger partial charge in [-0.05, 0) is 29.8 Å². The maximum Gasteiger partial charge on any atom is 0.371 e. The second-order valence-electron chi connectivity index (χ2n) is 4.78. The molecule has 2 rings (SSSR count). The number of halogens is 1. The average Bonchev–Trinajstić information content (AvgIpc) is 3.00. The number of thioether (sulfide) groups is 1. The molecule has 0 aliphatic carbocycles. The Morgan fingerprint density at radius 2 is 1.91 bits per heavy atom. The number of amides is 1. The summed E-state index contributed by atoms with van der Waals surface area (Å²) in [5.41, 5.74) is 1.01. The lowest BCUT2D eigenvalue weighted by Gasteiger charge is -2.04. The molecule has 0 spiro atoms. The van der Waals surface area contributed by atoms with Crippen LogP contribution in [0.3, 0.4) is 0 Å². The molecule has 2 aromatic rings. The van der Waals surface area contributed by atoms with E-state index in [1.807, 2.05) is 0 Å². The van der Waals surface area contributed by atoms with Crippen LogP contribution in [0, 0.1) is 5.82 Å². The molecular formula is C16H16FNO4S. The van der Waals surface area contributed by atoms with E-state index in [0.29, 0.717) is 23.7 Å². The Kier molecular flexibility index (Phi) is 6.22. The van der Waals surface area contributed by atoms with Gasteiger partial charge in [-0.15, -0.1) is 0 Å². The first kappa shape index (κ1) is 17.1. The Morgan fingerprint density at radius 1 is 1.17 bits per heavy atom. The van der Waals surface area contributed by atoms with Crippen LogP contribution in [0.2, 0.25) is 0 Å². The van der Waals surface area contributed by atoms with Gasteiger partial charge < -0.3 is 14.8 Å². The van der Waals surface area contributed by atoms with E-state index in [0.717, 1.165) is 5.56 Å². The van der Waals surface area contributed by atoms with Crippen molar-refractivity contribution in [2.45, 2.75) is 18.7 Å². The molecule has 0 fully saturated rings. The van der Waals surface area contributed by atoms with Crippen LogP contribution in [0.4, 0.5) is 4.39 Å². The third-order valence-corrected chi connectivity index (χ3v) is 4.02. The highest BCUT2D eigenvalue weighted by Gasteiger charge is 2.09. The highest BCUT2D eigenvalue weighted by atomic mass is 32.2. The van der Waals surface area contributed by atoms with Gasteiger partial charge in [-0.1, -0.05) is 12.1 Å². The number of carbonyl (C=O) groups excluding carboxylic acids is 1. The van der Waals surface area contributed by atoms with Gasteiger partial charge in [0, 0.05) is 17.9 Å². The number of carboxylic acid groups (broad SMARTS) is 1. The van der Waals surface area contributed by atoms with E-state index in [9.17, 15) is 14.0 Å². The van der Waals surface area contributed by atoms with Crippen molar-refractivity contribution in [2.24, 2.45) is 0 Å². The standard InChI is InChI=1S/C16H16FNO4S/c17-12-3-1-11(2-4-12)10-23-8-7-15(19)18-9-13-5-6-14(22-13)16(20)21/h1-6H,7-10H2,(H,18,19)(H,20,21). The summed E-state index contributed by atoms with van der Waals surface area (Å²) in [4.78, 5) is 22.3. The Balaban J connectivity index is 1.63. The van der Waals surface area contributed by atoms with E-state index in [4.69, 9.17) is 9.52 Å². The first-order valence-corrected chi connectivity index (χ1v) is 8.11. The monoisotopic (exact) mass is 337 g/mol. The molecule has 0 saturated carbocycles. The van der Waals surface area contributed by atoms with Crippen molar-refractivity contribution in [3.63, 3.8) is 0 Å². The van der Waals surface area contributed by atoms with Gasteiger partial charge in [-0.25, -0.2) is 9.18 Å². The normalized spacial score (nSPS) is 10.5. The fraction of sp³-hybridized carbons (Fsp3) is 0.250. The molecule has 122 valence electrons. The summed E-state index contributed by atoms with van der Waals surface area (Å²) in [6.45, 7) is 0.161. The van der Waals surface area contributed by atoms with Gasteiger partial charge in [0.2, 0.25) is 11.7 Å². The van der Waals surface area contributed by atoms with Gasteiger partial charge in [0.1, 0.15) is 11.6 Å². The summed E-state index contributed by atoms with van der Waals surface area (Å²) >= 11 is 1.59. The van der Waals surface area contributed by atoms with Crippen LogP contribution in [0.15, 0.2) is 40.8 Å². The van der Waals surface area contributed by atoms with Gasteiger partial charge in [0.25, 0.3) is 0 Å². The smallest absolute Gasteiger partial charge is 0.371 e. The lowest BCUT2D eigenvalue weighted by Crippen LogP contribution is -2.22. The Bertz CT molecular complexity index is 669.